The van der Waals surface area contributed by atoms with Crippen LogP contribution in [0.5, 0.6) is 0 Å². The lowest BCUT2D eigenvalue weighted by Gasteiger charge is -2.15. The van der Waals surface area contributed by atoms with Crippen molar-refractivity contribution < 1.29 is 14.3 Å². The molecule has 4 heteroatoms. The van der Waals surface area contributed by atoms with Gasteiger partial charge in [0.2, 0.25) is 0 Å². The van der Waals surface area contributed by atoms with E-state index >= 15 is 0 Å². The molecule has 0 saturated carbocycles. The predicted molar refractivity (Wildman–Crippen MR) is 45.0 cm³/mol. The van der Waals surface area contributed by atoms with Gasteiger partial charge in [0.1, 0.15) is 0 Å². The first-order valence-corrected chi connectivity index (χ1v) is 4.35. The molecule has 0 aromatic carbocycles. The van der Waals surface area contributed by atoms with E-state index in [9.17, 15) is 9.18 Å². The van der Waals surface area contributed by atoms with Crippen LogP contribution in [-0.4, -0.2) is 11.1 Å². The highest BCUT2D eigenvalue weighted by atomic mass is 32.1. The fraction of sp³-hybridized carbons (Fsp3) is 0.375. The maximum atomic E-state index is 13.5. The van der Waals surface area contributed by atoms with Crippen LogP contribution in [0.1, 0.15) is 18.2 Å². The molecule has 0 aliphatic heterocycles. The zero-order valence-corrected chi connectivity index (χ0v) is 7.40. The summed E-state index contributed by atoms with van der Waals surface area (Å²) in [6.07, 6.45) is -0.479. The minimum absolute atomic E-state index is 0.463. The van der Waals surface area contributed by atoms with Crippen molar-refractivity contribution in [1.82, 2.24) is 0 Å². The van der Waals surface area contributed by atoms with E-state index < -0.39 is 18.1 Å². The van der Waals surface area contributed by atoms with Crippen LogP contribution in [-0.2, 0) is 10.5 Å². The minimum Gasteiger partial charge on any atom is -0.481 e. The Bertz CT molecular complexity index is 267. The maximum absolute atomic E-state index is 13.5. The van der Waals surface area contributed by atoms with E-state index in [0.29, 0.717) is 4.88 Å². The number of carboxylic acid groups (broad SMARTS) is 1. The Hall–Kier alpha value is -0.900. The second kappa shape index (κ2) is 3.23. The highest BCUT2D eigenvalue weighted by Gasteiger charge is 2.29. The van der Waals surface area contributed by atoms with Gasteiger partial charge in [-0.15, -0.1) is 11.3 Å². The Morgan fingerprint density at radius 3 is 2.92 bits per heavy atom. The smallest absolute Gasteiger partial charge is 0.306 e. The van der Waals surface area contributed by atoms with Gasteiger partial charge < -0.3 is 5.11 Å². The lowest BCUT2D eigenvalue weighted by atomic mass is 10.0. The van der Waals surface area contributed by atoms with Gasteiger partial charge in [-0.2, -0.15) is 0 Å². The van der Waals surface area contributed by atoms with E-state index in [2.05, 4.69) is 0 Å². The van der Waals surface area contributed by atoms with E-state index in [1.54, 1.807) is 17.5 Å². The number of thiophene rings is 1. The quantitative estimate of drug-likeness (QED) is 0.790. The molecule has 0 saturated heterocycles. The fourth-order valence-corrected chi connectivity index (χ4v) is 1.73. The molecule has 0 aliphatic carbocycles. The van der Waals surface area contributed by atoms with Gasteiger partial charge in [-0.1, -0.05) is 6.07 Å². The summed E-state index contributed by atoms with van der Waals surface area (Å²) in [7, 11) is 0. The molecule has 1 atom stereocenters. The SMILES string of the molecule is CC(F)(CC(=O)O)c1cccs1. The topological polar surface area (TPSA) is 37.3 Å². The molecule has 1 aromatic rings. The summed E-state index contributed by atoms with van der Waals surface area (Å²) in [4.78, 5) is 10.7. The number of hydrogen-bond acceptors (Lipinski definition) is 2. The summed E-state index contributed by atoms with van der Waals surface area (Å²) >= 11 is 1.23. The van der Waals surface area contributed by atoms with Crippen molar-refractivity contribution in [2.45, 2.75) is 19.0 Å². The van der Waals surface area contributed by atoms with Crippen LogP contribution in [0.15, 0.2) is 17.5 Å². The maximum Gasteiger partial charge on any atom is 0.306 e. The molecule has 1 unspecified atom stereocenters. The highest BCUT2D eigenvalue weighted by molar-refractivity contribution is 7.10. The second-order valence-corrected chi connectivity index (χ2v) is 3.69. The zero-order valence-electron chi connectivity index (χ0n) is 6.58. The third-order valence-electron chi connectivity index (χ3n) is 1.52. The molecule has 0 bridgehead atoms. The van der Waals surface area contributed by atoms with E-state index in [-0.39, 0.29) is 0 Å². The molecule has 2 nitrogen and oxygen atoms in total. The first-order valence-electron chi connectivity index (χ1n) is 3.47. The molecule has 1 N–H and O–H groups in total. The first-order chi connectivity index (χ1) is 5.52. The summed E-state index contributed by atoms with van der Waals surface area (Å²) in [5.74, 6) is -1.12. The van der Waals surface area contributed by atoms with E-state index in [1.807, 2.05) is 0 Å². The third kappa shape index (κ3) is 2.04. The predicted octanol–water partition coefficient (Wildman–Crippen LogP) is 2.41. The summed E-state index contributed by atoms with van der Waals surface area (Å²) in [6, 6.07) is 3.31. The van der Waals surface area contributed by atoms with Crippen LogP contribution in [0.2, 0.25) is 0 Å². The number of aliphatic carboxylic acids is 1. The largest absolute Gasteiger partial charge is 0.481 e. The molecule has 12 heavy (non-hydrogen) atoms. The molecule has 1 heterocycles. The van der Waals surface area contributed by atoms with Crippen molar-refractivity contribution in [1.29, 1.82) is 0 Å². The molecule has 0 radical (unpaired) electrons. The number of rotatable bonds is 3. The molecule has 0 fully saturated rings. The van der Waals surface area contributed by atoms with Crippen LogP contribution < -0.4 is 0 Å². The average Bonchev–Trinajstić information content (AvgIpc) is 2.32. The van der Waals surface area contributed by atoms with Crippen LogP contribution in [0, 0.1) is 0 Å². The number of carboxylic acids is 1. The van der Waals surface area contributed by atoms with Crippen LogP contribution in [0.4, 0.5) is 4.39 Å². The number of alkyl halides is 1. The van der Waals surface area contributed by atoms with Gasteiger partial charge in [0.15, 0.2) is 5.67 Å². The first kappa shape index (κ1) is 9.19. The number of carbonyl (C=O) groups is 1. The molecule has 1 rings (SSSR count). The molecular weight excluding hydrogens is 179 g/mol. The molecule has 0 spiro atoms. The van der Waals surface area contributed by atoms with Gasteiger partial charge in [0.25, 0.3) is 0 Å². The van der Waals surface area contributed by atoms with Crippen LogP contribution in [0.3, 0.4) is 0 Å². The Kier molecular flexibility index (Phi) is 2.47. The minimum atomic E-state index is -1.74. The molecule has 66 valence electrons. The van der Waals surface area contributed by atoms with Crippen molar-refractivity contribution in [3.8, 4) is 0 Å². The van der Waals surface area contributed by atoms with Gasteiger partial charge in [-0.05, 0) is 18.4 Å². The van der Waals surface area contributed by atoms with Crippen molar-refractivity contribution in [3.63, 3.8) is 0 Å². The fourth-order valence-electron chi connectivity index (χ4n) is 0.946. The lowest BCUT2D eigenvalue weighted by Crippen LogP contribution is -2.18. The molecule has 0 amide bonds. The highest BCUT2D eigenvalue weighted by Crippen LogP contribution is 2.32. The Balaban J connectivity index is 2.79. The summed E-state index contributed by atoms with van der Waals surface area (Å²) in [5.41, 5.74) is -1.74. The van der Waals surface area contributed by atoms with Crippen molar-refractivity contribution in [3.05, 3.63) is 22.4 Å². The number of halogens is 1. The van der Waals surface area contributed by atoms with E-state index in [0.717, 1.165) is 0 Å². The Labute approximate surface area is 73.7 Å². The number of hydrogen-bond donors (Lipinski definition) is 1. The standard InChI is InChI=1S/C8H9FO2S/c1-8(9,5-7(10)11)6-3-2-4-12-6/h2-4H,5H2,1H3,(H,10,11). The van der Waals surface area contributed by atoms with Gasteiger partial charge in [-0.25, -0.2) is 4.39 Å². The van der Waals surface area contributed by atoms with Crippen LogP contribution >= 0.6 is 11.3 Å². The molecular formula is C8H9FO2S. The van der Waals surface area contributed by atoms with Crippen molar-refractivity contribution >= 4 is 17.3 Å². The van der Waals surface area contributed by atoms with Gasteiger partial charge in [0, 0.05) is 4.88 Å². The second-order valence-electron chi connectivity index (χ2n) is 2.75. The average molecular weight is 188 g/mol. The summed E-state index contributed by atoms with van der Waals surface area (Å²) in [6.45, 7) is 1.28. The van der Waals surface area contributed by atoms with Crippen molar-refractivity contribution in [2.75, 3.05) is 0 Å². The zero-order chi connectivity index (χ0) is 9.19. The van der Waals surface area contributed by atoms with Gasteiger partial charge in [-0.3, -0.25) is 4.79 Å². The Morgan fingerprint density at radius 1 is 1.83 bits per heavy atom. The molecule has 0 aliphatic rings. The molecule has 1 aromatic heterocycles. The summed E-state index contributed by atoms with van der Waals surface area (Å²) < 4.78 is 13.5. The van der Waals surface area contributed by atoms with E-state index in [1.165, 1.54) is 18.3 Å². The van der Waals surface area contributed by atoms with E-state index in [4.69, 9.17) is 5.11 Å². The summed E-state index contributed by atoms with van der Waals surface area (Å²) in [5, 5.41) is 10.1. The van der Waals surface area contributed by atoms with Crippen LogP contribution in [0.25, 0.3) is 0 Å². The van der Waals surface area contributed by atoms with Crippen molar-refractivity contribution in [2.24, 2.45) is 0 Å². The third-order valence-corrected chi connectivity index (χ3v) is 2.63. The monoisotopic (exact) mass is 188 g/mol. The Morgan fingerprint density at radius 2 is 2.50 bits per heavy atom. The lowest BCUT2D eigenvalue weighted by molar-refractivity contribution is -0.140. The normalized spacial score (nSPS) is 15.5. The van der Waals surface area contributed by atoms with Gasteiger partial charge in [0.05, 0.1) is 6.42 Å². The van der Waals surface area contributed by atoms with Gasteiger partial charge >= 0.3 is 5.97 Å².